The van der Waals surface area contributed by atoms with Crippen molar-refractivity contribution in [2.75, 3.05) is 32.1 Å². The van der Waals surface area contributed by atoms with E-state index in [-0.39, 0.29) is 17.6 Å². The molecule has 0 heterocycles. The van der Waals surface area contributed by atoms with E-state index in [2.05, 4.69) is 17.6 Å². The molecule has 1 aromatic rings. The molecule has 0 aliphatic heterocycles. The second-order valence-electron chi connectivity index (χ2n) is 5.31. The normalized spacial score (nSPS) is 12.0. The average Bonchev–Trinajstić information content (AvgIpc) is 2.47. The van der Waals surface area contributed by atoms with Crippen LogP contribution >= 0.6 is 0 Å². The van der Waals surface area contributed by atoms with E-state index in [0.29, 0.717) is 18.7 Å². The summed E-state index contributed by atoms with van der Waals surface area (Å²) in [6.07, 6.45) is 1.01. The average molecular weight is 295 g/mol. The van der Waals surface area contributed by atoms with Gasteiger partial charge >= 0.3 is 0 Å². The predicted octanol–water partition coefficient (Wildman–Crippen LogP) is 2.14. The molecule has 21 heavy (non-hydrogen) atoms. The van der Waals surface area contributed by atoms with Crippen molar-refractivity contribution in [2.24, 2.45) is 5.92 Å². The van der Waals surface area contributed by atoms with Gasteiger partial charge in [0.15, 0.2) is 0 Å². The summed E-state index contributed by atoms with van der Waals surface area (Å²) < 4.78 is 14.1. The highest BCUT2D eigenvalue weighted by Crippen LogP contribution is 2.23. The molecule has 0 aliphatic carbocycles. The number of amides is 1. The highest BCUT2D eigenvalue weighted by Gasteiger charge is 2.17. The minimum Gasteiger partial charge on any atom is -0.373 e. The summed E-state index contributed by atoms with van der Waals surface area (Å²) in [6.45, 7) is 5.83. The summed E-state index contributed by atoms with van der Waals surface area (Å²) in [7, 11) is 3.51. The molecule has 1 aromatic carbocycles. The maximum Gasteiger partial charge on any atom is 0.224 e. The van der Waals surface area contributed by atoms with Crippen molar-refractivity contribution in [1.29, 1.82) is 0 Å². The molecule has 0 aliphatic rings. The third-order valence-corrected chi connectivity index (χ3v) is 3.48. The van der Waals surface area contributed by atoms with Gasteiger partial charge in [0.25, 0.3) is 0 Å². The number of hydrogen-bond acceptors (Lipinski definition) is 3. The molecule has 0 aromatic heterocycles. The molecule has 5 heteroatoms. The number of halogens is 1. The fourth-order valence-electron chi connectivity index (χ4n) is 2.31. The Labute approximate surface area is 126 Å². The van der Waals surface area contributed by atoms with Gasteiger partial charge in [0.1, 0.15) is 5.82 Å². The Kier molecular flexibility index (Phi) is 7.15. The Bertz CT molecular complexity index is 465. The van der Waals surface area contributed by atoms with Crippen LogP contribution in [0.15, 0.2) is 18.2 Å². The second kappa shape index (κ2) is 8.62. The van der Waals surface area contributed by atoms with Crippen molar-refractivity contribution < 1.29 is 9.18 Å². The van der Waals surface area contributed by atoms with Gasteiger partial charge in [-0.1, -0.05) is 19.9 Å². The first-order chi connectivity index (χ1) is 10.0. The van der Waals surface area contributed by atoms with Crippen LogP contribution in [0.3, 0.4) is 0 Å². The standard InChI is InChI=1S/C16H26FN3O/c1-5-9-19-10-13-14(17)7-6-8-15(13)20(4)11-12(2)16(21)18-3/h6-8,12,19H,5,9-11H2,1-4H3,(H,18,21). The number of carbonyl (C=O) groups excluding carboxylic acids is 1. The topological polar surface area (TPSA) is 44.4 Å². The van der Waals surface area contributed by atoms with Gasteiger partial charge in [-0.15, -0.1) is 0 Å². The Hall–Kier alpha value is -1.62. The van der Waals surface area contributed by atoms with Crippen molar-refractivity contribution in [3.05, 3.63) is 29.6 Å². The van der Waals surface area contributed by atoms with Crippen LogP contribution < -0.4 is 15.5 Å². The first-order valence-electron chi connectivity index (χ1n) is 7.42. The van der Waals surface area contributed by atoms with Crippen molar-refractivity contribution in [1.82, 2.24) is 10.6 Å². The molecule has 0 fully saturated rings. The van der Waals surface area contributed by atoms with Crippen molar-refractivity contribution in [3.8, 4) is 0 Å². The van der Waals surface area contributed by atoms with Crippen LogP contribution in [-0.2, 0) is 11.3 Å². The van der Waals surface area contributed by atoms with Gasteiger partial charge in [0.2, 0.25) is 5.91 Å². The maximum absolute atomic E-state index is 14.1. The molecule has 0 bridgehead atoms. The molecular weight excluding hydrogens is 269 g/mol. The molecule has 1 unspecified atom stereocenters. The Balaban J connectivity index is 2.85. The monoisotopic (exact) mass is 295 g/mol. The first kappa shape index (κ1) is 17.4. The molecule has 0 spiro atoms. The van der Waals surface area contributed by atoms with E-state index in [4.69, 9.17) is 0 Å². The highest BCUT2D eigenvalue weighted by molar-refractivity contribution is 5.78. The van der Waals surface area contributed by atoms with E-state index >= 15 is 0 Å². The largest absolute Gasteiger partial charge is 0.373 e. The van der Waals surface area contributed by atoms with Crippen LogP contribution in [0.5, 0.6) is 0 Å². The zero-order valence-electron chi connectivity index (χ0n) is 13.4. The number of rotatable bonds is 8. The Morgan fingerprint density at radius 1 is 1.43 bits per heavy atom. The molecular formula is C16H26FN3O. The SMILES string of the molecule is CCCNCc1c(F)cccc1N(C)CC(C)C(=O)NC. The van der Waals surface area contributed by atoms with Crippen LogP contribution in [0.1, 0.15) is 25.8 Å². The molecule has 1 amide bonds. The minimum absolute atomic E-state index is 0.0103. The van der Waals surface area contributed by atoms with Gasteiger partial charge in [-0.3, -0.25) is 4.79 Å². The van der Waals surface area contributed by atoms with Crippen LogP contribution in [0, 0.1) is 11.7 Å². The summed E-state index contributed by atoms with van der Waals surface area (Å²) in [4.78, 5) is 13.6. The van der Waals surface area contributed by atoms with Gasteiger partial charge in [0, 0.05) is 38.4 Å². The lowest BCUT2D eigenvalue weighted by atomic mass is 10.1. The number of nitrogens with zero attached hydrogens (tertiary/aromatic N) is 1. The quantitative estimate of drug-likeness (QED) is 0.722. The zero-order chi connectivity index (χ0) is 15.8. The number of hydrogen-bond donors (Lipinski definition) is 2. The third-order valence-electron chi connectivity index (χ3n) is 3.48. The van der Waals surface area contributed by atoms with Crippen LogP contribution in [0.4, 0.5) is 10.1 Å². The minimum atomic E-state index is -0.212. The fourth-order valence-corrected chi connectivity index (χ4v) is 2.31. The van der Waals surface area contributed by atoms with E-state index in [9.17, 15) is 9.18 Å². The van der Waals surface area contributed by atoms with Crippen LogP contribution in [0.25, 0.3) is 0 Å². The van der Waals surface area contributed by atoms with Gasteiger partial charge in [0.05, 0.1) is 5.92 Å². The predicted molar refractivity (Wildman–Crippen MR) is 84.9 cm³/mol. The molecule has 0 saturated carbocycles. The molecule has 4 nitrogen and oxygen atoms in total. The molecule has 0 radical (unpaired) electrons. The van der Waals surface area contributed by atoms with Crippen molar-refractivity contribution in [2.45, 2.75) is 26.8 Å². The molecule has 0 saturated heterocycles. The molecule has 1 atom stereocenters. The summed E-state index contributed by atoms with van der Waals surface area (Å²) >= 11 is 0. The summed E-state index contributed by atoms with van der Waals surface area (Å²) in [5.41, 5.74) is 1.48. The summed E-state index contributed by atoms with van der Waals surface area (Å²) in [5, 5.41) is 5.87. The lowest BCUT2D eigenvalue weighted by molar-refractivity contribution is -0.123. The molecule has 118 valence electrons. The smallest absolute Gasteiger partial charge is 0.224 e. The fraction of sp³-hybridized carbons (Fsp3) is 0.562. The zero-order valence-corrected chi connectivity index (χ0v) is 13.4. The van der Waals surface area contributed by atoms with E-state index in [1.54, 1.807) is 13.1 Å². The first-order valence-corrected chi connectivity index (χ1v) is 7.42. The van der Waals surface area contributed by atoms with Gasteiger partial charge in [-0.05, 0) is 25.1 Å². The maximum atomic E-state index is 14.1. The Morgan fingerprint density at radius 3 is 2.76 bits per heavy atom. The van der Waals surface area contributed by atoms with Gasteiger partial charge in [-0.2, -0.15) is 0 Å². The van der Waals surface area contributed by atoms with Crippen LogP contribution in [0.2, 0.25) is 0 Å². The van der Waals surface area contributed by atoms with E-state index in [0.717, 1.165) is 18.7 Å². The summed E-state index contributed by atoms with van der Waals surface area (Å²) in [6, 6.07) is 5.07. The van der Waals surface area contributed by atoms with Crippen LogP contribution in [-0.4, -0.2) is 33.1 Å². The van der Waals surface area contributed by atoms with E-state index < -0.39 is 0 Å². The van der Waals surface area contributed by atoms with Gasteiger partial charge < -0.3 is 15.5 Å². The number of carbonyl (C=O) groups is 1. The van der Waals surface area contributed by atoms with Crippen molar-refractivity contribution in [3.63, 3.8) is 0 Å². The van der Waals surface area contributed by atoms with E-state index in [1.165, 1.54) is 6.07 Å². The number of benzene rings is 1. The molecule has 1 rings (SSSR count). The lowest BCUT2D eigenvalue weighted by Crippen LogP contribution is -2.35. The Morgan fingerprint density at radius 2 is 2.14 bits per heavy atom. The number of anilines is 1. The lowest BCUT2D eigenvalue weighted by Gasteiger charge is -2.25. The third kappa shape index (κ3) is 5.01. The second-order valence-corrected chi connectivity index (χ2v) is 5.31. The number of nitrogens with one attached hydrogen (secondary N) is 2. The molecule has 2 N–H and O–H groups in total. The van der Waals surface area contributed by atoms with E-state index in [1.807, 2.05) is 24.9 Å². The summed E-state index contributed by atoms with van der Waals surface area (Å²) in [5.74, 6) is -0.376. The van der Waals surface area contributed by atoms with Gasteiger partial charge in [-0.25, -0.2) is 4.39 Å². The highest BCUT2D eigenvalue weighted by atomic mass is 19.1. The van der Waals surface area contributed by atoms with Crippen molar-refractivity contribution >= 4 is 11.6 Å².